The van der Waals surface area contributed by atoms with E-state index in [9.17, 15) is 5.11 Å². The Balaban J connectivity index is 2.08. The summed E-state index contributed by atoms with van der Waals surface area (Å²) in [6.45, 7) is 7.36. The van der Waals surface area contributed by atoms with E-state index in [2.05, 4.69) is 11.4 Å². The first-order valence-electron chi connectivity index (χ1n) is 6.99. The largest absolute Gasteiger partial charge is 0.461 e. The van der Waals surface area contributed by atoms with Crippen LogP contribution in [0.25, 0.3) is 11.0 Å². The average molecular weight is 261 g/mol. The van der Waals surface area contributed by atoms with Gasteiger partial charge in [-0.2, -0.15) is 0 Å². The highest BCUT2D eigenvalue weighted by molar-refractivity contribution is 5.82. The first-order chi connectivity index (χ1) is 9.09. The van der Waals surface area contributed by atoms with Gasteiger partial charge in [0.05, 0.1) is 5.60 Å². The SMILES string of the molecule is CCC(O)(CC)CNCc1c(C)oc2ccccc12. The number of benzene rings is 1. The number of nitrogens with one attached hydrogen (secondary N) is 1. The molecule has 0 aliphatic heterocycles. The molecular weight excluding hydrogens is 238 g/mol. The van der Waals surface area contributed by atoms with Crippen molar-refractivity contribution >= 4 is 11.0 Å². The van der Waals surface area contributed by atoms with E-state index < -0.39 is 5.60 Å². The number of fused-ring (bicyclic) bond motifs is 1. The van der Waals surface area contributed by atoms with Gasteiger partial charge in [-0.25, -0.2) is 0 Å². The number of aliphatic hydroxyl groups is 1. The van der Waals surface area contributed by atoms with E-state index in [0.29, 0.717) is 6.54 Å². The van der Waals surface area contributed by atoms with Crippen molar-refractivity contribution in [3.63, 3.8) is 0 Å². The van der Waals surface area contributed by atoms with Gasteiger partial charge in [0, 0.05) is 24.0 Å². The Morgan fingerprint density at radius 1 is 1.21 bits per heavy atom. The van der Waals surface area contributed by atoms with E-state index in [4.69, 9.17) is 4.42 Å². The van der Waals surface area contributed by atoms with Gasteiger partial charge in [0.25, 0.3) is 0 Å². The van der Waals surface area contributed by atoms with Gasteiger partial charge >= 0.3 is 0 Å². The molecule has 2 N–H and O–H groups in total. The van der Waals surface area contributed by atoms with Crippen LogP contribution in [0, 0.1) is 6.92 Å². The Labute approximate surface area is 114 Å². The molecule has 0 aliphatic carbocycles. The summed E-state index contributed by atoms with van der Waals surface area (Å²) in [5.41, 5.74) is 1.51. The first-order valence-corrected chi connectivity index (χ1v) is 6.99. The Hall–Kier alpha value is -1.32. The molecule has 1 aromatic carbocycles. The van der Waals surface area contributed by atoms with E-state index in [-0.39, 0.29) is 0 Å². The summed E-state index contributed by atoms with van der Waals surface area (Å²) in [5, 5.41) is 14.8. The molecule has 0 saturated heterocycles. The van der Waals surface area contributed by atoms with Crippen LogP contribution in [-0.2, 0) is 6.54 Å². The van der Waals surface area contributed by atoms with Gasteiger partial charge in [0.15, 0.2) is 0 Å². The molecular formula is C16H23NO2. The maximum Gasteiger partial charge on any atom is 0.134 e. The minimum Gasteiger partial charge on any atom is -0.461 e. The Bertz CT molecular complexity index is 541. The monoisotopic (exact) mass is 261 g/mol. The minimum atomic E-state index is -0.604. The predicted molar refractivity (Wildman–Crippen MR) is 78.2 cm³/mol. The maximum atomic E-state index is 10.3. The molecule has 2 rings (SSSR count). The highest BCUT2D eigenvalue weighted by Crippen LogP contribution is 2.25. The van der Waals surface area contributed by atoms with Crippen molar-refractivity contribution in [2.45, 2.75) is 45.8 Å². The van der Waals surface area contributed by atoms with Gasteiger partial charge < -0.3 is 14.8 Å². The summed E-state index contributed by atoms with van der Waals surface area (Å²) in [6.07, 6.45) is 1.53. The van der Waals surface area contributed by atoms with Gasteiger partial charge in [-0.3, -0.25) is 0 Å². The van der Waals surface area contributed by atoms with Gasteiger partial charge in [-0.15, -0.1) is 0 Å². The Kier molecular flexibility index (Phi) is 4.27. The molecule has 0 unspecified atom stereocenters. The van der Waals surface area contributed by atoms with Crippen LogP contribution in [0.1, 0.15) is 38.0 Å². The molecule has 104 valence electrons. The molecule has 0 bridgehead atoms. The van der Waals surface area contributed by atoms with Crippen LogP contribution in [0.3, 0.4) is 0 Å². The lowest BCUT2D eigenvalue weighted by Gasteiger charge is -2.25. The fourth-order valence-corrected chi connectivity index (χ4v) is 2.36. The molecule has 3 heteroatoms. The lowest BCUT2D eigenvalue weighted by Crippen LogP contribution is -2.39. The zero-order valence-electron chi connectivity index (χ0n) is 12.0. The van der Waals surface area contributed by atoms with Crippen LogP contribution in [0.4, 0.5) is 0 Å². The number of hydrogen-bond acceptors (Lipinski definition) is 3. The maximum absolute atomic E-state index is 10.3. The molecule has 0 radical (unpaired) electrons. The second-order valence-electron chi connectivity index (χ2n) is 5.17. The van der Waals surface area contributed by atoms with Crippen LogP contribution >= 0.6 is 0 Å². The second kappa shape index (κ2) is 5.76. The normalized spacial score (nSPS) is 12.2. The molecule has 0 fully saturated rings. The van der Waals surface area contributed by atoms with Crippen LogP contribution in [-0.4, -0.2) is 17.3 Å². The lowest BCUT2D eigenvalue weighted by molar-refractivity contribution is 0.0323. The average Bonchev–Trinajstić information content (AvgIpc) is 2.75. The van der Waals surface area contributed by atoms with Crippen LogP contribution in [0.2, 0.25) is 0 Å². The van der Waals surface area contributed by atoms with E-state index >= 15 is 0 Å². The van der Waals surface area contributed by atoms with Gasteiger partial charge in [-0.1, -0.05) is 32.0 Å². The van der Waals surface area contributed by atoms with Crippen molar-refractivity contribution in [3.8, 4) is 0 Å². The third-order valence-corrected chi connectivity index (χ3v) is 3.97. The zero-order valence-corrected chi connectivity index (χ0v) is 12.0. The molecule has 0 aliphatic rings. The van der Waals surface area contributed by atoms with Crippen molar-refractivity contribution < 1.29 is 9.52 Å². The number of rotatable bonds is 6. The van der Waals surface area contributed by atoms with Gasteiger partial charge in [0.2, 0.25) is 0 Å². The summed E-state index contributed by atoms with van der Waals surface area (Å²) in [4.78, 5) is 0. The molecule has 0 saturated carbocycles. The summed E-state index contributed by atoms with van der Waals surface area (Å²) in [5.74, 6) is 0.949. The van der Waals surface area contributed by atoms with E-state index in [1.807, 2.05) is 39.0 Å². The smallest absolute Gasteiger partial charge is 0.134 e. The van der Waals surface area contributed by atoms with Crippen molar-refractivity contribution in [2.75, 3.05) is 6.54 Å². The molecule has 0 amide bonds. The topological polar surface area (TPSA) is 45.4 Å². The summed E-state index contributed by atoms with van der Waals surface area (Å²) < 4.78 is 5.73. The summed E-state index contributed by atoms with van der Waals surface area (Å²) in [7, 11) is 0. The predicted octanol–water partition coefficient (Wildman–Crippen LogP) is 3.38. The molecule has 1 aromatic heterocycles. The van der Waals surface area contributed by atoms with Crippen molar-refractivity contribution in [2.24, 2.45) is 0 Å². The number of hydrogen-bond donors (Lipinski definition) is 2. The Morgan fingerprint density at radius 3 is 2.58 bits per heavy atom. The third kappa shape index (κ3) is 2.99. The minimum absolute atomic E-state index is 0.604. The van der Waals surface area contributed by atoms with Crippen molar-refractivity contribution in [1.29, 1.82) is 0 Å². The molecule has 0 atom stereocenters. The fourth-order valence-electron chi connectivity index (χ4n) is 2.36. The second-order valence-corrected chi connectivity index (χ2v) is 5.17. The number of para-hydroxylation sites is 1. The van der Waals surface area contributed by atoms with Gasteiger partial charge in [0.1, 0.15) is 11.3 Å². The quantitative estimate of drug-likeness (QED) is 0.838. The highest BCUT2D eigenvalue weighted by atomic mass is 16.3. The van der Waals surface area contributed by atoms with E-state index in [1.54, 1.807) is 0 Å². The zero-order chi connectivity index (χ0) is 13.9. The van der Waals surface area contributed by atoms with Crippen molar-refractivity contribution in [3.05, 3.63) is 35.6 Å². The standard InChI is InChI=1S/C16H23NO2/c1-4-16(18,5-2)11-17-10-14-12(3)19-15-9-7-6-8-13(14)15/h6-9,17-18H,4-5,10-11H2,1-3H3. The summed E-state index contributed by atoms with van der Waals surface area (Å²) in [6, 6.07) is 8.07. The van der Waals surface area contributed by atoms with Crippen LogP contribution in [0.5, 0.6) is 0 Å². The number of aryl methyl sites for hydroxylation is 1. The highest BCUT2D eigenvalue weighted by Gasteiger charge is 2.21. The molecule has 2 aromatic rings. The lowest BCUT2D eigenvalue weighted by atomic mass is 9.97. The van der Waals surface area contributed by atoms with E-state index in [0.717, 1.165) is 36.1 Å². The van der Waals surface area contributed by atoms with E-state index in [1.165, 1.54) is 5.56 Å². The third-order valence-electron chi connectivity index (χ3n) is 3.97. The molecule has 3 nitrogen and oxygen atoms in total. The molecule has 1 heterocycles. The summed E-state index contributed by atoms with van der Waals surface area (Å²) >= 11 is 0. The Morgan fingerprint density at radius 2 is 1.89 bits per heavy atom. The van der Waals surface area contributed by atoms with Gasteiger partial charge in [-0.05, 0) is 25.8 Å². The van der Waals surface area contributed by atoms with Crippen LogP contribution < -0.4 is 5.32 Å². The first kappa shape index (κ1) is 14.1. The fraction of sp³-hybridized carbons (Fsp3) is 0.500. The van der Waals surface area contributed by atoms with Crippen LogP contribution in [0.15, 0.2) is 28.7 Å². The number of furan rings is 1. The molecule has 19 heavy (non-hydrogen) atoms. The van der Waals surface area contributed by atoms with Crippen molar-refractivity contribution in [1.82, 2.24) is 5.32 Å². The molecule has 0 spiro atoms.